The molecule has 0 aromatic carbocycles. The molecule has 0 aliphatic heterocycles. The molecule has 0 fully saturated rings. The fourth-order valence-electron chi connectivity index (χ4n) is 8.49. The minimum Gasteiger partial charge on any atom is -0.462 e. The maximum atomic E-state index is 12.8. The van der Waals surface area contributed by atoms with Crippen molar-refractivity contribution in [1.82, 2.24) is 0 Å². The number of carbonyl (C=O) groups excluding carboxylic acids is 3. The van der Waals surface area contributed by atoms with E-state index in [9.17, 15) is 14.4 Å². The zero-order valence-electron chi connectivity index (χ0n) is 42.5. The second kappa shape index (κ2) is 48.9. The number of esters is 3. The molecule has 0 saturated heterocycles. The molecule has 2 atom stereocenters. The van der Waals surface area contributed by atoms with Gasteiger partial charge in [-0.05, 0) is 31.1 Å². The van der Waals surface area contributed by atoms with E-state index in [1.54, 1.807) is 0 Å². The van der Waals surface area contributed by atoms with Crippen LogP contribution in [-0.2, 0) is 28.6 Å². The van der Waals surface area contributed by atoms with Gasteiger partial charge >= 0.3 is 17.9 Å². The highest BCUT2D eigenvalue weighted by atomic mass is 16.6. The van der Waals surface area contributed by atoms with Gasteiger partial charge in [0.2, 0.25) is 0 Å². The molecule has 0 radical (unpaired) electrons. The second-order valence-corrected chi connectivity index (χ2v) is 19.9. The van der Waals surface area contributed by atoms with Gasteiger partial charge in [-0.3, -0.25) is 14.4 Å². The van der Waals surface area contributed by atoms with Crippen LogP contribution >= 0.6 is 0 Å². The monoisotopic (exact) mass is 877 g/mol. The highest BCUT2D eigenvalue weighted by molar-refractivity contribution is 5.71. The molecule has 0 bridgehead atoms. The summed E-state index contributed by atoms with van der Waals surface area (Å²) in [5, 5.41) is 0. The lowest BCUT2D eigenvalue weighted by Gasteiger charge is -2.18. The summed E-state index contributed by atoms with van der Waals surface area (Å²) in [6.07, 6.45) is 51.0. The van der Waals surface area contributed by atoms with Gasteiger partial charge in [0, 0.05) is 19.3 Å². The van der Waals surface area contributed by atoms with Crippen LogP contribution in [0.3, 0.4) is 0 Å². The van der Waals surface area contributed by atoms with E-state index in [1.165, 1.54) is 199 Å². The number of unbranched alkanes of at least 4 members (excludes halogenated alkanes) is 34. The summed E-state index contributed by atoms with van der Waals surface area (Å²) in [5.41, 5.74) is 0. The molecule has 0 N–H and O–H groups in total. The molecule has 0 rings (SSSR count). The van der Waals surface area contributed by atoms with Gasteiger partial charge in [-0.15, -0.1) is 0 Å². The van der Waals surface area contributed by atoms with Crippen molar-refractivity contribution in [3.63, 3.8) is 0 Å². The van der Waals surface area contributed by atoms with Gasteiger partial charge in [0.1, 0.15) is 13.2 Å². The molecule has 0 aromatic rings. The normalized spacial score (nSPS) is 12.5. The predicted molar refractivity (Wildman–Crippen MR) is 266 cm³/mol. The Kier molecular flexibility index (Phi) is 47.6. The van der Waals surface area contributed by atoms with Crippen molar-refractivity contribution >= 4 is 17.9 Å². The Morgan fingerprint density at radius 2 is 0.613 bits per heavy atom. The molecular formula is C56H108O6. The van der Waals surface area contributed by atoms with Gasteiger partial charge in [0.25, 0.3) is 0 Å². The van der Waals surface area contributed by atoms with Crippen LogP contribution in [0.1, 0.15) is 311 Å². The summed E-state index contributed by atoms with van der Waals surface area (Å²) in [7, 11) is 0. The van der Waals surface area contributed by atoms with Gasteiger partial charge in [0.15, 0.2) is 6.10 Å². The molecule has 0 heterocycles. The molecule has 0 aliphatic carbocycles. The summed E-state index contributed by atoms with van der Waals surface area (Å²) in [5.74, 6) is 0.799. The summed E-state index contributed by atoms with van der Waals surface area (Å²) in [6, 6.07) is 0. The lowest BCUT2D eigenvalue weighted by molar-refractivity contribution is -0.167. The van der Waals surface area contributed by atoms with Crippen LogP contribution in [-0.4, -0.2) is 37.2 Å². The third kappa shape index (κ3) is 47.9. The molecule has 368 valence electrons. The van der Waals surface area contributed by atoms with Gasteiger partial charge in [-0.1, -0.05) is 272 Å². The molecule has 0 spiro atoms. The third-order valence-electron chi connectivity index (χ3n) is 13.1. The molecule has 0 aromatic heterocycles. The van der Waals surface area contributed by atoms with Crippen molar-refractivity contribution in [2.75, 3.05) is 13.2 Å². The zero-order valence-corrected chi connectivity index (χ0v) is 42.5. The first kappa shape index (κ1) is 60.4. The molecule has 1 unspecified atom stereocenters. The first-order valence-corrected chi connectivity index (χ1v) is 27.8. The lowest BCUT2D eigenvalue weighted by atomic mass is 10.00. The van der Waals surface area contributed by atoms with Gasteiger partial charge in [0.05, 0.1) is 0 Å². The van der Waals surface area contributed by atoms with Crippen molar-refractivity contribution in [2.24, 2.45) is 11.8 Å². The summed E-state index contributed by atoms with van der Waals surface area (Å²) in [6.45, 7) is 11.4. The Morgan fingerprint density at radius 3 is 0.919 bits per heavy atom. The second-order valence-electron chi connectivity index (χ2n) is 19.9. The molecule has 0 saturated carbocycles. The molecule has 0 aliphatic rings. The highest BCUT2D eigenvalue weighted by Gasteiger charge is 2.19. The minimum atomic E-state index is -0.763. The fourth-order valence-corrected chi connectivity index (χ4v) is 8.49. The Balaban J connectivity index is 4.25. The SMILES string of the molecule is CCCCCCCCCCCCCCCCCCCCCC(=O)OC[C@@H](COC(=O)CCCCCCCCC(C)CC)OC(=O)CCCCCCCCCCCCCCC(C)C. The maximum absolute atomic E-state index is 12.8. The zero-order chi connectivity index (χ0) is 45.4. The maximum Gasteiger partial charge on any atom is 0.306 e. The molecule has 62 heavy (non-hydrogen) atoms. The smallest absolute Gasteiger partial charge is 0.306 e. The summed E-state index contributed by atoms with van der Waals surface area (Å²) >= 11 is 0. The average Bonchev–Trinajstić information content (AvgIpc) is 3.26. The number of hydrogen-bond donors (Lipinski definition) is 0. The standard InChI is InChI=1S/C56H108O6/c1-6-8-9-10-11-12-13-14-15-16-17-18-19-20-24-27-30-36-41-46-54(57)60-49-53(50-61-55(58)47-42-37-33-32-35-40-45-52(5)7-2)62-56(59)48-43-38-31-28-25-22-21-23-26-29-34-39-44-51(3)4/h51-53H,6-50H2,1-5H3/t52?,53-/m0/s1. The van der Waals surface area contributed by atoms with E-state index in [1.807, 2.05) is 0 Å². The van der Waals surface area contributed by atoms with Crippen LogP contribution in [0.5, 0.6) is 0 Å². The minimum absolute atomic E-state index is 0.0639. The molecular weight excluding hydrogens is 769 g/mol. The van der Waals surface area contributed by atoms with Crippen molar-refractivity contribution in [1.29, 1.82) is 0 Å². The van der Waals surface area contributed by atoms with E-state index in [2.05, 4.69) is 34.6 Å². The van der Waals surface area contributed by atoms with Crippen molar-refractivity contribution < 1.29 is 28.6 Å². The number of rotatable bonds is 50. The van der Waals surface area contributed by atoms with Gasteiger partial charge < -0.3 is 14.2 Å². The van der Waals surface area contributed by atoms with Crippen LogP contribution in [0, 0.1) is 11.8 Å². The van der Waals surface area contributed by atoms with Crippen LogP contribution in [0.2, 0.25) is 0 Å². The van der Waals surface area contributed by atoms with Crippen molar-refractivity contribution in [2.45, 2.75) is 317 Å². The Bertz CT molecular complexity index is 949. The Hall–Kier alpha value is -1.59. The molecule has 6 nitrogen and oxygen atoms in total. The fraction of sp³-hybridized carbons (Fsp3) is 0.946. The van der Waals surface area contributed by atoms with Crippen LogP contribution in [0.15, 0.2) is 0 Å². The van der Waals surface area contributed by atoms with Crippen LogP contribution in [0.25, 0.3) is 0 Å². The lowest BCUT2D eigenvalue weighted by Crippen LogP contribution is -2.30. The first-order chi connectivity index (χ1) is 30.3. The number of ether oxygens (including phenoxy) is 3. The highest BCUT2D eigenvalue weighted by Crippen LogP contribution is 2.18. The largest absolute Gasteiger partial charge is 0.462 e. The quantitative estimate of drug-likeness (QED) is 0.0344. The molecule has 6 heteroatoms. The number of hydrogen-bond acceptors (Lipinski definition) is 6. The Labute approximate surface area is 387 Å². The van der Waals surface area contributed by atoms with E-state index in [-0.39, 0.29) is 31.1 Å². The van der Waals surface area contributed by atoms with E-state index >= 15 is 0 Å². The van der Waals surface area contributed by atoms with Gasteiger partial charge in [-0.25, -0.2) is 0 Å². The van der Waals surface area contributed by atoms with E-state index in [0.29, 0.717) is 19.3 Å². The van der Waals surface area contributed by atoms with Crippen molar-refractivity contribution in [3.05, 3.63) is 0 Å². The summed E-state index contributed by atoms with van der Waals surface area (Å²) < 4.78 is 16.8. The third-order valence-corrected chi connectivity index (χ3v) is 13.1. The van der Waals surface area contributed by atoms with Crippen LogP contribution < -0.4 is 0 Å². The van der Waals surface area contributed by atoms with E-state index in [0.717, 1.165) is 69.6 Å². The van der Waals surface area contributed by atoms with E-state index in [4.69, 9.17) is 14.2 Å². The first-order valence-electron chi connectivity index (χ1n) is 27.8. The number of carbonyl (C=O) groups is 3. The van der Waals surface area contributed by atoms with E-state index < -0.39 is 6.10 Å². The van der Waals surface area contributed by atoms with Crippen LogP contribution in [0.4, 0.5) is 0 Å². The van der Waals surface area contributed by atoms with Gasteiger partial charge in [-0.2, -0.15) is 0 Å². The predicted octanol–water partition coefficient (Wildman–Crippen LogP) is 18.1. The Morgan fingerprint density at radius 1 is 0.339 bits per heavy atom. The molecule has 0 amide bonds. The average molecular weight is 877 g/mol. The topological polar surface area (TPSA) is 78.9 Å². The van der Waals surface area contributed by atoms with Crippen molar-refractivity contribution in [3.8, 4) is 0 Å². The summed E-state index contributed by atoms with van der Waals surface area (Å²) in [4.78, 5) is 38.0.